The fourth-order valence-electron chi connectivity index (χ4n) is 1.45. The van der Waals surface area contributed by atoms with E-state index in [1.807, 2.05) is 24.3 Å². The molecule has 1 aromatic heterocycles. The van der Waals surface area contributed by atoms with Crippen LogP contribution >= 0.6 is 0 Å². The van der Waals surface area contributed by atoms with Crippen LogP contribution in [0.3, 0.4) is 0 Å². The van der Waals surface area contributed by atoms with Crippen LogP contribution in [0.1, 0.15) is 6.42 Å². The summed E-state index contributed by atoms with van der Waals surface area (Å²) in [4.78, 5) is 15.3. The van der Waals surface area contributed by atoms with E-state index < -0.39 is 0 Å². The molecule has 2 rings (SSSR count). The van der Waals surface area contributed by atoms with Crippen molar-refractivity contribution in [2.24, 2.45) is 0 Å². The van der Waals surface area contributed by atoms with E-state index in [-0.39, 0.29) is 18.8 Å². The predicted octanol–water partition coefficient (Wildman–Crippen LogP) is 2.10. The van der Waals surface area contributed by atoms with Gasteiger partial charge in [0.05, 0.1) is 18.0 Å². The Morgan fingerprint density at radius 2 is 2.29 bits per heavy atom. The highest BCUT2D eigenvalue weighted by atomic mass is 16.5. The first kappa shape index (κ1) is 11.1. The number of fused-ring (bicyclic) bond motifs is 1. The molecule has 17 heavy (non-hydrogen) atoms. The minimum absolute atomic E-state index is 0.0701. The molecule has 0 saturated carbocycles. The van der Waals surface area contributed by atoms with Crippen LogP contribution in [-0.2, 0) is 4.79 Å². The maximum absolute atomic E-state index is 11.1. The zero-order valence-electron chi connectivity index (χ0n) is 9.09. The number of nitriles is 1. The van der Waals surface area contributed by atoms with E-state index >= 15 is 0 Å². The third-order valence-electron chi connectivity index (χ3n) is 2.25. The number of carbonyl (C=O) groups is 1. The molecule has 0 N–H and O–H groups in total. The van der Waals surface area contributed by atoms with E-state index in [4.69, 9.17) is 10.00 Å². The minimum atomic E-state index is -0.223. The maximum Gasteiger partial charge on any atom is 0.184 e. The van der Waals surface area contributed by atoms with Gasteiger partial charge in [-0.15, -0.1) is 0 Å². The number of ether oxygens (including phenoxy) is 1. The molecule has 0 amide bonds. The van der Waals surface area contributed by atoms with Gasteiger partial charge >= 0.3 is 0 Å². The molecule has 0 aliphatic rings. The molecule has 84 valence electrons. The van der Waals surface area contributed by atoms with Gasteiger partial charge in [-0.1, -0.05) is 6.07 Å². The fraction of sp³-hybridized carbons (Fsp3) is 0.154. The largest absolute Gasteiger partial charge is 0.486 e. The maximum atomic E-state index is 11.1. The second kappa shape index (κ2) is 5.08. The number of aromatic nitrogens is 1. The van der Waals surface area contributed by atoms with Gasteiger partial charge in [0.1, 0.15) is 12.4 Å². The van der Waals surface area contributed by atoms with Gasteiger partial charge in [0, 0.05) is 11.6 Å². The Bertz CT molecular complexity index is 587. The van der Waals surface area contributed by atoms with Crippen LogP contribution in [0.4, 0.5) is 0 Å². The van der Waals surface area contributed by atoms with Crippen molar-refractivity contribution in [1.82, 2.24) is 4.98 Å². The van der Waals surface area contributed by atoms with Crippen LogP contribution in [-0.4, -0.2) is 17.4 Å². The number of Topliss-reactive ketones (excluding diaryl/α,β-unsaturated/α-hetero) is 1. The zero-order valence-corrected chi connectivity index (χ0v) is 9.09. The molecule has 0 fully saturated rings. The third-order valence-corrected chi connectivity index (χ3v) is 2.25. The van der Waals surface area contributed by atoms with Crippen molar-refractivity contribution >= 4 is 16.7 Å². The number of carbonyl (C=O) groups excluding carboxylic acids is 1. The molecular weight excluding hydrogens is 216 g/mol. The molecule has 1 heterocycles. The SMILES string of the molecule is N#CCC(=O)COc1ccc2ncccc2c1. The predicted molar refractivity (Wildman–Crippen MR) is 62.5 cm³/mol. The average Bonchev–Trinajstić information content (AvgIpc) is 2.36. The number of hydrogen-bond donors (Lipinski definition) is 0. The minimum Gasteiger partial charge on any atom is -0.486 e. The van der Waals surface area contributed by atoms with E-state index in [0.717, 1.165) is 10.9 Å². The molecule has 2 aromatic rings. The van der Waals surface area contributed by atoms with Gasteiger partial charge < -0.3 is 4.74 Å². The quantitative estimate of drug-likeness (QED) is 0.800. The lowest BCUT2D eigenvalue weighted by Crippen LogP contribution is -2.09. The van der Waals surface area contributed by atoms with Gasteiger partial charge in [0.2, 0.25) is 0 Å². The molecule has 0 aliphatic carbocycles. The summed E-state index contributed by atoms with van der Waals surface area (Å²) in [5, 5.41) is 9.30. The number of ketones is 1. The van der Waals surface area contributed by atoms with Crippen molar-refractivity contribution in [3.63, 3.8) is 0 Å². The second-order valence-corrected chi connectivity index (χ2v) is 3.52. The summed E-state index contributed by atoms with van der Waals surface area (Å²) in [6.45, 7) is -0.0701. The molecule has 0 atom stereocenters. The Kier molecular flexibility index (Phi) is 3.31. The van der Waals surface area contributed by atoms with Crippen LogP contribution in [0.15, 0.2) is 36.5 Å². The van der Waals surface area contributed by atoms with E-state index in [1.54, 1.807) is 18.3 Å². The van der Waals surface area contributed by atoms with Gasteiger partial charge in [0.25, 0.3) is 0 Å². The Balaban J connectivity index is 2.10. The van der Waals surface area contributed by atoms with Gasteiger partial charge in [0.15, 0.2) is 5.78 Å². The number of rotatable bonds is 4. The van der Waals surface area contributed by atoms with Crippen LogP contribution < -0.4 is 4.74 Å². The van der Waals surface area contributed by atoms with Gasteiger partial charge in [-0.3, -0.25) is 9.78 Å². The molecule has 0 saturated heterocycles. The topological polar surface area (TPSA) is 63.0 Å². The first-order valence-corrected chi connectivity index (χ1v) is 5.16. The van der Waals surface area contributed by atoms with Gasteiger partial charge in [-0.25, -0.2) is 0 Å². The van der Waals surface area contributed by atoms with E-state index in [1.165, 1.54) is 0 Å². The summed E-state index contributed by atoms with van der Waals surface area (Å²) < 4.78 is 5.30. The standard InChI is InChI=1S/C13H10N2O2/c14-6-5-11(16)9-17-12-3-4-13-10(8-12)2-1-7-15-13/h1-4,7-8H,5,9H2. The van der Waals surface area contributed by atoms with Crippen LogP contribution in [0.25, 0.3) is 10.9 Å². The van der Waals surface area contributed by atoms with E-state index in [0.29, 0.717) is 5.75 Å². The highest BCUT2D eigenvalue weighted by molar-refractivity contribution is 5.82. The van der Waals surface area contributed by atoms with E-state index in [9.17, 15) is 4.79 Å². The monoisotopic (exact) mass is 226 g/mol. The number of pyridine rings is 1. The smallest absolute Gasteiger partial charge is 0.184 e. The van der Waals surface area contributed by atoms with Crippen molar-refractivity contribution in [1.29, 1.82) is 5.26 Å². The van der Waals surface area contributed by atoms with Crippen LogP contribution in [0, 0.1) is 11.3 Å². The first-order chi connectivity index (χ1) is 8.29. The first-order valence-electron chi connectivity index (χ1n) is 5.16. The Hall–Kier alpha value is -2.41. The van der Waals surface area contributed by atoms with Crippen molar-refractivity contribution < 1.29 is 9.53 Å². The van der Waals surface area contributed by atoms with Crippen LogP contribution in [0.2, 0.25) is 0 Å². The summed E-state index contributed by atoms with van der Waals surface area (Å²) >= 11 is 0. The summed E-state index contributed by atoms with van der Waals surface area (Å²) in [5.41, 5.74) is 0.878. The highest BCUT2D eigenvalue weighted by Gasteiger charge is 2.03. The third kappa shape index (κ3) is 2.79. The summed E-state index contributed by atoms with van der Waals surface area (Å²) in [6, 6.07) is 11.0. The lowest BCUT2D eigenvalue weighted by atomic mass is 10.2. The molecule has 0 radical (unpaired) electrons. The molecular formula is C13H10N2O2. The molecule has 4 nitrogen and oxygen atoms in total. The molecule has 4 heteroatoms. The molecule has 0 bridgehead atoms. The number of benzene rings is 1. The van der Waals surface area contributed by atoms with Gasteiger partial charge in [-0.05, 0) is 24.3 Å². The number of hydrogen-bond acceptors (Lipinski definition) is 4. The normalized spacial score (nSPS) is 9.82. The van der Waals surface area contributed by atoms with Crippen molar-refractivity contribution in [3.8, 4) is 11.8 Å². The fourth-order valence-corrected chi connectivity index (χ4v) is 1.45. The van der Waals surface area contributed by atoms with Crippen LogP contribution in [0.5, 0.6) is 5.75 Å². The summed E-state index contributed by atoms with van der Waals surface area (Å²) in [5.74, 6) is 0.385. The van der Waals surface area contributed by atoms with Gasteiger partial charge in [-0.2, -0.15) is 5.26 Å². The number of nitrogens with zero attached hydrogens (tertiary/aromatic N) is 2. The summed E-state index contributed by atoms with van der Waals surface area (Å²) in [7, 11) is 0. The van der Waals surface area contributed by atoms with Crippen molar-refractivity contribution in [2.45, 2.75) is 6.42 Å². The Morgan fingerprint density at radius 3 is 3.12 bits per heavy atom. The average molecular weight is 226 g/mol. The lowest BCUT2D eigenvalue weighted by molar-refractivity contribution is -0.120. The molecule has 0 unspecified atom stereocenters. The molecule has 1 aromatic carbocycles. The Morgan fingerprint density at radius 1 is 1.41 bits per heavy atom. The van der Waals surface area contributed by atoms with Crippen molar-refractivity contribution in [3.05, 3.63) is 36.5 Å². The lowest BCUT2D eigenvalue weighted by Gasteiger charge is -2.05. The van der Waals surface area contributed by atoms with Crippen molar-refractivity contribution in [2.75, 3.05) is 6.61 Å². The molecule has 0 spiro atoms. The molecule has 0 aliphatic heterocycles. The zero-order chi connectivity index (χ0) is 12.1. The van der Waals surface area contributed by atoms with E-state index in [2.05, 4.69) is 4.98 Å². The Labute approximate surface area is 98.5 Å². The summed E-state index contributed by atoms with van der Waals surface area (Å²) in [6.07, 6.45) is 1.61. The highest BCUT2D eigenvalue weighted by Crippen LogP contribution is 2.18. The second-order valence-electron chi connectivity index (χ2n) is 3.52.